The molecule has 1 aliphatic heterocycles. The van der Waals surface area contributed by atoms with Gasteiger partial charge in [0, 0.05) is 6.04 Å². The Labute approximate surface area is 75.6 Å². The lowest BCUT2D eigenvalue weighted by Gasteiger charge is -2.36. The number of rotatable bonds is 1. The lowest BCUT2D eigenvalue weighted by atomic mass is 9.90. The van der Waals surface area contributed by atoms with Crippen molar-refractivity contribution in [1.29, 1.82) is 0 Å². The summed E-state index contributed by atoms with van der Waals surface area (Å²) in [5, 5.41) is 10.1. The van der Waals surface area contributed by atoms with E-state index in [1.54, 1.807) is 0 Å². The highest BCUT2D eigenvalue weighted by atomic mass is 16.3. The highest BCUT2D eigenvalue weighted by molar-refractivity contribution is 4.89. The summed E-state index contributed by atoms with van der Waals surface area (Å²) < 4.78 is 0. The summed E-state index contributed by atoms with van der Waals surface area (Å²) in [6.07, 6.45) is 4.39. The minimum atomic E-state index is -0.472. The van der Waals surface area contributed by atoms with Crippen LogP contribution in [0.25, 0.3) is 0 Å². The molecule has 72 valence electrons. The zero-order valence-corrected chi connectivity index (χ0v) is 8.51. The highest BCUT2D eigenvalue weighted by Crippen LogP contribution is 2.27. The van der Waals surface area contributed by atoms with Gasteiger partial charge < -0.3 is 10.0 Å². The Bertz CT molecular complexity index is 145. The van der Waals surface area contributed by atoms with Gasteiger partial charge in [-0.05, 0) is 46.2 Å². The molecule has 0 saturated carbocycles. The van der Waals surface area contributed by atoms with Crippen molar-refractivity contribution in [3.8, 4) is 0 Å². The molecule has 1 fully saturated rings. The fraction of sp³-hybridized carbons (Fsp3) is 1.00. The molecule has 0 aliphatic carbocycles. The van der Waals surface area contributed by atoms with E-state index in [1.807, 2.05) is 6.92 Å². The molecule has 2 atom stereocenters. The molecule has 12 heavy (non-hydrogen) atoms. The third-order valence-electron chi connectivity index (χ3n) is 3.08. The van der Waals surface area contributed by atoms with Gasteiger partial charge in [0.2, 0.25) is 0 Å². The molecular weight excluding hydrogens is 150 g/mol. The van der Waals surface area contributed by atoms with Gasteiger partial charge in [0.25, 0.3) is 0 Å². The molecule has 0 amide bonds. The van der Waals surface area contributed by atoms with Crippen molar-refractivity contribution >= 4 is 0 Å². The third-order valence-corrected chi connectivity index (χ3v) is 3.08. The minimum absolute atomic E-state index is 0.347. The summed E-state index contributed by atoms with van der Waals surface area (Å²) in [5.41, 5.74) is -0.472. The maximum absolute atomic E-state index is 10.1. The SMILES string of the molecule is CCC1N(C)CCCCC1(C)O. The van der Waals surface area contributed by atoms with Gasteiger partial charge in [0.05, 0.1) is 5.60 Å². The lowest BCUT2D eigenvalue weighted by Crippen LogP contribution is -2.47. The van der Waals surface area contributed by atoms with Crippen molar-refractivity contribution < 1.29 is 5.11 Å². The van der Waals surface area contributed by atoms with Crippen LogP contribution >= 0.6 is 0 Å². The van der Waals surface area contributed by atoms with Crippen LogP contribution in [0.2, 0.25) is 0 Å². The molecule has 2 unspecified atom stereocenters. The highest BCUT2D eigenvalue weighted by Gasteiger charge is 2.34. The number of hydrogen-bond donors (Lipinski definition) is 1. The number of likely N-dealkylation sites (N-methyl/N-ethyl adjacent to an activating group) is 1. The Morgan fingerprint density at radius 1 is 1.50 bits per heavy atom. The van der Waals surface area contributed by atoms with Gasteiger partial charge in [-0.3, -0.25) is 0 Å². The molecule has 2 heteroatoms. The normalized spacial score (nSPS) is 39.5. The number of nitrogens with zero attached hydrogens (tertiary/aromatic N) is 1. The second kappa shape index (κ2) is 3.75. The summed E-state index contributed by atoms with van der Waals surface area (Å²) in [5.74, 6) is 0. The third kappa shape index (κ3) is 1.99. The monoisotopic (exact) mass is 171 g/mol. The number of likely N-dealkylation sites (tertiary alicyclic amines) is 1. The topological polar surface area (TPSA) is 23.5 Å². The average molecular weight is 171 g/mol. The van der Waals surface area contributed by atoms with Crippen LogP contribution in [0.3, 0.4) is 0 Å². The van der Waals surface area contributed by atoms with Gasteiger partial charge in [0.15, 0.2) is 0 Å². The van der Waals surface area contributed by atoms with Crippen molar-refractivity contribution in [2.75, 3.05) is 13.6 Å². The summed E-state index contributed by atoms with van der Waals surface area (Å²) in [7, 11) is 2.12. The van der Waals surface area contributed by atoms with E-state index in [4.69, 9.17) is 0 Å². The Morgan fingerprint density at radius 2 is 2.17 bits per heavy atom. The van der Waals surface area contributed by atoms with E-state index in [0.29, 0.717) is 6.04 Å². The molecule has 1 aliphatic rings. The standard InChI is InChI=1S/C10H21NO/c1-4-9-10(2,12)7-5-6-8-11(9)3/h9,12H,4-8H2,1-3H3. The van der Waals surface area contributed by atoms with Crippen molar-refractivity contribution in [2.45, 2.75) is 51.2 Å². The minimum Gasteiger partial charge on any atom is -0.389 e. The average Bonchev–Trinajstić information content (AvgIpc) is 2.09. The summed E-state index contributed by atoms with van der Waals surface area (Å²) in [6, 6.07) is 0.347. The van der Waals surface area contributed by atoms with Gasteiger partial charge in [-0.2, -0.15) is 0 Å². The van der Waals surface area contributed by atoms with Crippen molar-refractivity contribution in [2.24, 2.45) is 0 Å². The second-order valence-corrected chi connectivity index (χ2v) is 4.22. The molecule has 1 rings (SSSR count). The van der Waals surface area contributed by atoms with Crippen LogP contribution in [0.4, 0.5) is 0 Å². The fourth-order valence-corrected chi connectivity index (χ4v) is 2.39. The number of aliphatic hydroxyl groups is 1. The van der Waals surface area contributed by atoms with Crippen molar-refractivity contribution in [3.05, 3.63) is 0 Å². The lowest BCUT2D eigenvalue weighted by molar-refractivity contribution is -0.0225. The van der Waals surface area contributed by atoms with Gasteiger partial charge in [0.1, 0.15) is 0 Å². The molecule has 0 aromatic heterocycles. The second-order valence-electron chi connectivity index (χ2n) is 4.22. The Hall–Kier alpha value is -0.0800. The molecule has 0 radical (unpaired) electrons. The predicted octanol–water partition coefficient (Wildman–Crippen LogP) is 1.63. The van der Waals surface area contributed by atoms with Crippen LogP contribution in [0.15, 0.2) is 0 Å². The fourth-order valence-electron chi connectivity index (χ4n) is 2.39. The zero-order chi connectivity index (χ0) is 9.19. The largest absolute Gasteiger partial charge is 0.389 e. The Balaban J connectivity index is 2.70. The Kier molecular flexibility index (Phi) is 3.13. The molecule has 1 heterocycles. The molecule has 1 N–H and O–H groups in total. The van der Waals surface area contributed by atoms with Gasteiger partial charge >= 0.3 is 0 Å². The first-order valence-electron chi connectivity index (χ1n) is 5.00. The molecule has 0 bridgehead atoms. The van der Waals surface area contributed by atoms with E-state index >= 15 is 0 Å². The van der Waals surface area contributed by atoms with E-state index in [9.17, 15) is 5.11 Å². The Morgan fingerprint density at radius 3 is 2.75 bits per heavy atom. The molecule has 1 saturated heterocycles. The molecule has 2 nitrogen and oxygen atoms in total. The predicted molar refractivity (Wildman–Crippen MR) is 51.2 cm³/mol. The van der Waals surface area contributed by atoms with Crippen LogP contribution in [0, 0.1) is 0 Å². The first kappa shape index (κ1) is 10.0. The van der Waals surface area contributed by atoms with Crippen LogP contribution in [0.5, 0.6) is 0 Å². The summed E-state index contributed by atoms with van der Waals surface area (Å²) >= 11 is 0. The van der Waals surface area contributed by atoms with E-state index in [2.05, 4.69) is 18.9 Å². The van der Waals surface area contributed by atoms with Crippen LogP contribution in [-0.2, 0) is 0 Å². The van der Waals surface area contributed by atoms with Gasteiger partial charge in [-0.25, -0.2) is 0 Å². The number of hydrogen-bond acceptors (Lipinski definition) is 2. The summed E-state index contributed by atoms with van der Waals surface area (Å²) in [4.78, 5) is 2.30. The molecule has 0 spiro atoms. The van der Waals surface area contributed by atoms with E-state index in [-0.39, 0.29) is 0 Å². The molecule has 0 aromatic rings. The van der Waals surface area contributed by atoms with Crippen molar-refractivity contribution in [3.63, 3.8) is 0 Å². The van der Waals surface area contributed by atoms with Crippen molar-refractivity contribution in [1.82, 2.24) is 4.90 Å². The van der Waals surface area contributed by atoms with E-state index in [0.717, 1.165) is 25.8 Å². The molecular formula is C10H21NO. The first-order chi connectivity index (χ1) is 5.58. The van der Waals surface area contributed by atoms with Gasteiger partial charge in [-0.15, -0.1) is 0 Å². The van der Waals surface area contributed by atoms with Crippen LogP contribution in [-0.4, -0.2) is 35.2 Å². The zero-order valence-electron chi connectivity index (χ0n) is 8.51. The maximum Gasteiger partial charge on any atom is 0.0774 e. The molecule has 0 aromatic carbocycles. The quantitative estimate of drug-likeness (QED) is 0.648. The first-order valence-corrected chi connectivity index (χ1v) is 5.00. The van der Waals surface area contributed by atoms with E-state index < -0.39 is 5.60 Å². The summed E-state index contributed by atoms with van der Waals surface area (Å²) in [6.45, 7) is 5.26. The van der Waals surface area contributed by atoms with Gasteiger partial charge in [-0.1, -0.05) is 6.92 Å². The smallest absolute Gasteiger partial charge is 0.0774 e. The van der Waals surface area contributed by atoms with Crippen LogP contribution in [0.1, 0.15) is 39.5 Å². The van der Waals surface area contributed by atoms with E-state index in [1.165, 1.54) is 6.42 Å². The van der Waals surface area contributed by atoms with Crippen LogP contribution < -0.4 is 0 Å². The maximum atomic E-state index is 10.1.